The summed E-state index contributed by atoms with van der Waals surface area (Å²) in [4.78, 5) is 20.3. The van der Waals surface area contributed by atoms with E-state index in [0.29, 0.717) is 23.4 Å². The Labute approximate surface area is 127 Å². The van der Waals surface area contributed by atoms with Gasteiger partial charge in [0.1, 0.15) is 5.82 Å². The Bertz CT molecular complexity index is 658. The van der Waals surface area contributed by atoms with Crippen LogP contribution in [-0.4, -0.2) is 34.8 Å². The number of esters is 1. The Morgan fingerprint density at radius 2 is 2.19 bits per heavy atom. The highest BCUT2D eigenvalue weighted by molar-refractivity contribution is 7.99. The van der Waals surface area contributed by atoms with Crippen molar-refractivity contribution >= 4 is 34.5 Å². The van der Waals surface area contributed by atoms with Crippen LogP contribution in [0, 0.1) is 0 Å². The maximum Gasteiger partial charge on any atom is 0.306 e. The number of fused-ring (bicyclic) bond motifs is 1. The van der Waals surface area contributed by atoms with Crippen molar-refractivity contribution in [2.45, 2.75) is 30.5 Å². The highest BCUT2D eigenvalue weighted by Crippen LogP contribution is 2.29. The molecule has 6 heteroatoms. The molecule has 1 aromatic carbocycles. The number of carbonyl (C=O) groups is 1. The van der Waals surface area contributed by atoms with E-state index >= 15 is 0 Å². The lowest BCUT2D eigenvalue weighted by Crippen LogP contribution is -2.06. The number of anilines is 1. The van der Waals surface area contributed by atoms with Gasteiger partial charge < -0.3 is 10.1 Å². The van der Waals surface area contributed by atoms with Crippen LogP contribution in [-0.2, 0) is 9.53 Å². The van der Waals surface area contributed by atoms with Gasteiger partial charge >= 0.3 is 5.97 Å². The molecule has 5 nitrogen and oxygen atoms in total. The molecule has 1 aliphatic carbocycles. The quantitative estimate of drug-likeness (QED) is 0.503. The van der Waals surface area contributed by atoms with Crippen molar-refractivity contribution in [3.8, 4) is 0 Å². The zero-order chi connectivity index (χ0) is 14.7. The zero-order valence-electron chi connectivity index (χ0n) is 11.8. The molecule has 110 valence electrons. The smallest absolute Gasteiger partial charge is 0.306 e. The molecule has 0 unspecified atom stereocenters. The first-order chi connectivity index (χ1) is 10.3. The standard InChI is InChI=1S/C15H17N3O2S/c1-20-13(19)8-9-21-15-17-12-5-3-2-4-11(12)14(18-15)16-10-6-7-10/h2-5,10H,6-9H2,1H3,(H,16,17,18). The van der Waals surface area contributed by atoms with Crippen molar-refractivity contribution < 1.29 is 9.53 Å². The van der Waals surface area contributed by atoms with Gasteiger partial charge in [0.2, 0.25) is 0 Å². The van der Waals surface area contributed by atoms with Gasteiger partial charge in [-0.15, -0.1) is 0 Å². The van der Waals surface area contributed by atoms with Crippen LogP contribution < -0.4 is 5.32 Å². The molecule has 1 aromatic heterocycles. The van der Waals surface area contributed by atoms with E-state index < -0.39 is 0 Å². The monoisotopic (exact) mass is 303 g/mol. The molecule has 0 saturated heterocycles. The van der Waals surface area contributed by atoms with Gasteiger partial charge in [0.25, 0.3) is 0 Å². The molecule has 0 radical (unpaired) electrons. The molecule has 0 aliphatic heterocycles. The fourth-order valence-corrected chi connectivity index (χ4v) is 2.75. The number of rotatable bonds is 6. The number of nitrogens with zero attached hydrogens (tertiary/aromatic N) is 2. The van der Waals surface area contributed by atoms with Crippen molar-refractivity contribution in [2.24, 2.45) is 0 Å². The molecule has 2 aromatic rings. The summed E-state index contributed by atoms with van der Waals surface area (Å²) in [7, 11) is 1.40. The molecule has 1 N–H and O–H groups in total. The molecule has 1 fully saturated rings. The number of methoxy groups -OCH3 is 1. The molecular weight excluding hydrogens is 286 g/mol. The van der Waals surface area contributed by atoms with Crippen LogP contribution in [0.2, 0.25) is 0 Å². The molecule has 21 heavy (non-hydrogen) atoms. The Balaban J connectivity index is 1.79. The van der Waals surface area contributed by atoms with Gasteiger partial charge in [-0.3, -0.25) is 4.79 Å². The summed E-state index contributed by atoms with van der Waals surface area (Å²) in [5.74, 6) is 1.30. The summed E-state index contributed by atoms with van der Waals surface area (Å²) in [5.41, 5.74) is 0.927. The Hall–Kier alpha value is -1.82. The third kappa shape index (κ3) is 3.64. The van der Waals surface area contributed by atoms with Crippen LogP contribution in [0.4, 0.5) is 5.82 Å². The molecule has 0 amide bonds. The predicted molar refractivity (Wildman–Crippen MR) is 83.5 cm³/mol. The normalized spacial score (nSPS) is 14.1. The SMILES string of the molecule is COC(=O)CCSc1nc(NC2CC2)c2ccccc2n1. The minimum atomic E-state index is -0.209. The van der Waals surface area contributed by atoms with Crippen molar-refractivity contribution in [1.29, 1.82) is 0 Å². The topological polar surface area (TPSA) is 64.1 Å². The van der Waals surface area contributed by atoms with Crippen LogP contribution in [0.25, 0.3) is 10.9 Å². The Kier molecular flexibility index (Phi) is 4.24. The molecule has 3 rings (SSSR count). The molecular formula is C15H17N3O2S. The van der Waals surface area contributed by atoms with Gasteiger partial charge in [-0.25, -0.2) is 9.97 Å². The largest absolute Gasteiger partial charge is 0.469 e. The number of ether oxygens (including phenoxy) is 1. The summed E-state index contributed by atoms with van der Waals surface area (Å²) in [5, 5.41) is 5.19. The lowest BCUT2D eigenvalue weighted by Gasteiger charge is -2.09. The average Bonchev–Trinajstić information content (AvgIpc) is 3.31. The highest BCUT2D eigenvalue weighted by atomic mass is 32.2. The first-order valence-corrected chi connectivity index (χ1v) is 7.98. The lowest BCUT2D eigenvalue weighted by molar-refractivity contribution is -0.140. The van der Waals surface area contributed by atoms with Crippen LogP contribution in [0.1, 0.15) is 19.3 Å². The number of thioether (sulfide) groups is 1. The van der Waals surface area contributed by atoms with E-state index in [9.17, 15) is 4.79 Å². The summed E-state index contributed by atoms with van der Waals surface area (Å²) in [6.45, 7) is 0. The molecule has 1 heterocycles. The van der Waals surface area contributed by atoms with Gasteiger partial charge in [-0.1, -0.05) is 23.9 Å². The van der Waals surface area contributed by atoms with E-state index in [2.05, 4.69) is 20.0 Å². The molecule has 0 spiro atoms. The Morgan fingerprint density at radius 3 is 2.95 bits per heavy atom. The van der Waals surface area contributed by atoms with E-state index in [0.717, 1.165) is 16.7 Å². The fourth-order valence-electron chi connectivity index (χ4n) is 1.98. The fraction of sp³-hybridized carbons (Fsp3) is 0.400. The van der Waals surface area contributed by atoms with E-state index in [1.807, 2.05) is 24.3 Å². The predicted octanol–water partition coefficient (Wildman–Crippen LogP) is 2.86. The van der Waals surface area contributed by atoms with E-state index in [1.54, 1.807) is 0 Å². The van der Waals surface area contributed by atoms with Crippen molar-refractivity contribution in [2.75, 3.05) is 18.2 Å². The minimum absolute atomic E-state index is 0.209. The maximum atomic E-state index is 11.1. The van der Waals surface area contributed by atoms with Crippen LogP contribution in [0.5, 0.6) is 0 Å². The van der Waals surface area contributed by atoms with E-state index in [-0.39, 0.29) is 5.97 Å². The van der Waals surface area contributed by atoms with Crippen molar-refractivity contribution in [3.63, 3.8) is 0 Å². The average molecular weight is 303 g/mol. The number of hydrogen-bond donors (Lipinski definition) is 1. The number of hydrogen-bond acceptors (Lipinski definition) is 6. The Morgan fingerprint density at radius 1 is 1.38 bits per heavy atom. The second kappa shape index (κ2) is 6.30. The molecule has 1 saturated carbocycles. The summed E-state index contributed by atoms with van der Waals surface area (Å²) in [6, 6.07) is 8.52. The molecule has 0 atom stereocenters. The maximum absolute atomic E-state index is 11.1. The van der Waals surface area contributed by atoms with Gasteiger partial charge in [-0.05, 0) is 25.0 Å². The third-order valence-electron chi connectivity index (χ3n) is 3.27. The van der Waals surface area contributed by atoms with Gasteiger partial charge in [0.15, 0.2) is 5.16 Å². The van der Waals surface area contributed by atoms with E-state index in [1.165, 1.54) is 31.7 Å². The van der Waals surface area contributed by atoms with Crippen LogP contribution >= 0.6 is 11.8 Å². The first kappa shape index (κ1) is 14.1. The zero-order valence-corrected chi connectivity index (χ0v) is 12.7. The second-order valence-corrected chi connectivity index (χ2v) is 6.03. The third-order valence-corrected chi connectivity index (χ3v) is 4.11. The first-order valence-electron chi connectivity index (χ1n) is 6.99. The van der Waals surface area contributed by atoms with Gasteiger partial charge in [-0.2, -0.15) is 0 Å². The second-order valence-electron chi connectivity index (χ2n) is 4.97. The van der Waals surface area contributed by atoms with Crippen LogP contribution in [0.15, 0.2) is 29.4 Å². The van der Waals surface area contributed by atoms with Crippen molar-refractivity contribution in [3.05, 3.63) is 24.3 Å². The number of aromatic nitrogens is 2. The van der Waals surface area contributed by atoms with Gasteiger partial charge in [0.05, 0.1) is 19.0 Å². The summed E-state index contributed by atoms with van der Waals surface area (Å²) < 4.78 is 4.64. The number of carbonyl (C=O) groups excluding carboxylic acids is 1. The number of nitrogens with one attached hydrogen (secondary N) is 1. The number of para-hydroxylation sites is 1. The van der Waals surface area contributed by atoms with E-state index in [4.69, 9.17) is 0 Å². The molecule has 0 bridgehead atoms. The lowest BCUT2D eigenvalue weighted by atomic mass is 10.2. The summed E-state index contributed by atoms with van der Waals surface area (Å²) in [6.07, 6.45) is 2.76. The van der Waals surface area contributed by atoms with Gasteiger partial charge in [0, 0.05) is 17.2 Å². The van der Waals surface area contributed by atoms with Crippen LogP contribution in [0.3, 0.4) is 0 Å². The summed E-state index contributed by atoms with van der Waals surface area (Å²) >= 11 is 1.48. The number of benzene rings is 1. The van der Waals surface area contributed by atoms with Crippen molar-refractivity contribution in [1.82, 2.24) is 9.97 Å². The minimum Gasteiger partial charge on any atom is -0.469 e. The highest BCUT2D eigenvalue weighted by Gasteiger charge is 2.22. The molecule has 1 aliphatic rings.